The molecule has 2 fully saturated rings. The summed E-state index contributed by atoms with van der Waals surface area (Å²) in [5.74, 6) is 6.58. The highest BCUT2D eigenvalue weighted by molar-refractivity contribution is 5.11. The number of rotatable bonds is 1. The second-order valence-electron chi connectivity index (χ2n) is 7.45. The van der Waals surface area contributed by atoms with Gasteiger partial charge in [-0.05, 0) is 63.2 Å². The van der Waals surface area contributed by atoms with Crippen LogP contribution >= 0.6 is 0 Å². The van der Waals surface area contributed by atoms with Crippen LogP contribution in [-0.4, -0.2) is 0 Å². The summed E-state index contributed by atoms with van der Waals surface area (Å²) in [7, 11) is 0. The number of hydrogen-bond acceptors (Lipinski definition) is 0. The van der Waals surface area contributed by atoms with Crippen LogP contribution in [0, 0.1) is 42.9 Å². The van der Waals surface area contributed by atoms with Crippen LogP contribution in [-0.2, 0) is 0 Å². The minimum Gasteiger partial charge on any atom is -0.120 e. The van der Waals surface area contributed by atoms with Crippen molar-refractivity contribution in [3.63, 3.8) is 0 Å². The Balaban J connectivity index is 0.000000504. The van der Waals surface area contributed by atoms with Crippen LogP contribution in [0.5, 0.6) is 0 Å². The Kier molecular flexibility index (Phi) is 7.04. The van der Waals surface area contributed by atoms with Gasteiger partial charge in [-0.2, -0.15) is 0 Å². The van der Waals surface area contributed by atoms with E-state index in [1.54, 1.807) is 0 Å². The van der Waals surface area contributed by atoms with Crippen molar-refractivity contribution in [2.75, 3.05) is 0 Å². The Morgan fingerprint density at radius 3 is 1.77 bits per heavy atom. The van der Waals surface area contributed by atoms with Gasteiger partial charge in [0.2, 0.25) is 0 Å². The first kappa shape index (κ1) is 17.1. The maximum Gasteiger partial charge on any atom is 0.0200 e. The molecule has 2 aliphatic carbocycles. The van der Waals surface area contributed by atoms with Gasteiger partial charge in [0.05, 0.1) is 0 Å². The molecule has 0 radical (unpaired) electrons. The molecule has 0 aliphatic heterocycles. The standard InChI is InChI=1S/C15H24.C7H8.2H2/c1-3-13-6-10-15(11-7-13)14-8-4-12(2)5-9-14;1-7-5-3-2-4-6-7;;/h1,12-15H,4-11H2,2H3;2-6H,1H3;2*1H. The summed E-state index contributed by atoms with van der Waals surface area (Å²) in [6.45, 7) is 4.49. The maximum absolute atomic E-state index is 5.50. The number of aryl methyl sites for hydroxylation is 1. The minimum absolute atomic E-state index is 0. The number of hydrogen-bond donors (Lipinski definition) is 0. The van der Waals surface area contributed by atoms with E-state index in [0.717, 1.165) is 17.8 Å². The van der Waals surface area contributed by atoms with Crippen LogP contribution in [0.1, 0.15) is 66.7 Å². The highest BCUT2D eigenvalue weighted by Gasteiger charge is 2.29. The molecule has 0 aromatic heterocycles. The van der Waals surface area contributed by atoms with Gasteiger partial charge in [0.25, 0.3) is 0 Å². The molecule has 2 saturated carbocycles. The van der Waals surface area contributed by atoms with E-state index in [1.165, 1.54) is 56.9 Å². The maximum atomic E-state index is 5.50. The third-order valence-electron chi connectivity index (χ3n) is 5.68. The molecule has 124 valence electrons. The lowest BCUT2D eigenvalue weighted by Gasteiger charge is -2.36. The Morgan fingerprint density at radius 1 is 0.864 bits per heavy atom. The molecule has 0 saturated heterocycles. The second kappa shape index (κ2) is 9.04. The molecule has 0 N–H and O–H groups in total. The molecule has 0 heterocycles. The molecule has 0 atom stereocenters. The average molecular weight is 301 g/mol. The van der Waals surface area contributed by atoms with Gasteiger partial charge in [-0.15, -0.1) is 12.3 Å². The average Bonchev–Trinajstić information content (AvgIpc) is 2.57. The Labute approximate surface area is 140 Å². The molecule has 0 heteroatoms. The van der Waals surface area contributed by atoms with E-state index >= 15 is 0 Å². The zero-order chi connectivity index (χ0) is 15.8. The molecule has 0 unspecified atom stereocenters. The van der Waals surface area contributed by atoms with Crippen molar-refractivity contribution in [3.8, 4) is 12.3 Å². The molecular weight excluding hydrogens is 264 g/mol. The Bertz CT molecular complexity index is 447. The second-order valence-corrected chi connectivity index (χ2v) is 7.45. The summed E-state index contributed by atoms with van der Waals surface area (Å²) in [5, 5.41) is 0. The van der Waals surface area contributed by atoms with E-state index in [0.29, 0.717) is 5.92 Å². The van der Waals surface area contributed by atoms with E-state index in [-0.39, 0.29) is 2.85 Å². The number of terminal acetylenes is 1. The lowest BCUT2D eigenvalue weighted by molar-refractivity contribution is 0.162. The third kappa shape index (κ3) is 5.53. The first-order valence-corrected chi connectivity index (χ1v) is 9.16. The van der Waals surface area contributed by atoms with E-state index in [9.17, 15) is 0 Å². The van der Waals surface area contributed by atoms with Gasteiger partial charge >= 0.3 is 0 Å². The summed E-state index contributed by atoms with van der Waals surface area (Å²) in [6, 6.07) is 10.3. The first-order valence-electron chi connectivity index (χ1n) is 9.16. The third-order valence-corrected chi connectivity index (χ3v) is 5.68. The quantitative estimate of drug-likeness (QED) is 0.504. The summed E-state index contributed by atoms with van der Waals surface area (Å²) >= 11 is 0. The van der Waals surface area contributed by atoms with Crippen molar-refractivity contribution in [1.29, 1.82) is 0 Å². The van der Waals surface area contributed by atoms with Crippen molar-refractivity contribution < 1.29 is 2.85 Å². The molecular formula is C22H36. The van der Waals surface area contributed by atoms with Crippen LogP contribution in [0.4, 0.5) is 0 Å². The normalized spacial score (nSPS) is 31.5. The van der Waals surface area contributed by atoms with Gasteiger partial charge in [0.1, 0.15) is 0 Å². The zero-order valence-electron chi connectivity index (χ0n) is 14.4. The van der Waals surface area contributed by atoms with Crippen molar-refractivity contribution in [2.24, 2.45) is 23.7 Å². The first-order chi connectivity index (χ1) is 10.7. The van der Waals surface area contributed by atoms with Gasteiger partial charge in [-0.25, -0.2) is 0 Å². The van der Waals surface area contributed by atoms with Gasteiger partial charge < -0.3 is 0 Å². The monoisotopic (exact) mass is 300 g/mol. The smallest absolute Gasteiger partial charge is 0.0200 e. The van der Waals surface area contributed by atoms with Crippen molar-refractivity contribution in [2.45, 2.75) is 65.2 Å². The van der Waals surface area contributed by atoms with Crippen LogP contribution in [0.2, 0.25) is 0 Å². The SMILES string of the molecule is C#CC1CCC(C2CCC(C)CC2)CC1.Cc1ccccc1.[HH].[HH]. The lowest BCUT2D eigenvalue weighted by Crippen LogP contribution is -2.24. The van der Waals surface area contributed by atoms with Crippen LogP contribution in [0.25, 0.3) is 0 Å². The predicted molar refractivity (Wildman–Crippen MR) is 101 cm³/mol. The van der Waals surface area contributed by atoms with Gasteiger partial charge in [-0.1, -0.05) is 55.7 Å². The Hall–Kier alpha value is -1.22. The molecule has 0 bridgehead atoms. The molecule has 2 aliphatic rings. The molecule has 1 aromatic carbocycles. The fraction of sp³-hybridized carbons (Fsp3) is 0.636. The largest absolute Gasteiger partial charge is 0.120 e. The van der Waals surface area contributed by atoms with Crippen molar-refractivity contribution >= 4 is 0 Å². The van der Waals surface area contributed by atoms with Crippen LogP contribution in [0.15, 0.2) is 30.3 Å². The number of benzene rings is 1. The van der Waals surface area contributed by atoms with E-state index < -0.39 is 0 Å². The van der Waals surface area contributed by atoms with E-state index in [1.807, 2.05) is 18.2 Å². The molecule has 3 rings (SSSR count). The van der Waals surface area contributed by atoms with Crippen molar-refractivity contribution in [1.82, 2.24) is 0 Å². The fourth-order valence-electron chi connectivity index (χ4n) is 4.05. The minimum atomic E-state index is 0. The van der Waals surface area contributed by atoms with Crippen molar-refractivity contribution in [3.05, 3.63) is 35.9 Å². The molecule has 1 aromatic rings. The summed E-state index contributed by atoms with van der Waals surface area (Å²) < 4.78 is 0. The summed E-state index contributed by atoms with van der Waals surface area (Å²) in [5.41, 5.74) is 1.32. The summed E-state index contributed by atoms with van der Waals surface area (Å²) in [4.78, 5) is 0. The van der Waals surface area contributed by atoms with Gasteiger partial charge in [0.15, 0.2) is 0 Å². The van der Waals surface area contributed by atoms with E-state index in [2.05, 4.69) is 31.9 Å². The summed E-state index contributed by atoms with van der Waals surface area (Å²) in [6.07, 6.45) is 16.8. The molecule has 0 nitrogen and oxygen atoms in total. The van der Waals surface area contributed by atoms with Gasteiger partial charge in [0, 0.05) is 8.77 Å². The molecule has 0 amide bonds. The highest BCUT2D eigenvalue weighted by Crippen LogP contribution is 2.40. The van der Waals surface area contributed by atoms with E-state index in [4.69, 9.17) is 6.42 Å². The molecule has 22 heavy (non-hydrogen) atoms. The Morgan fingerprint density at radius 2 is 1.36 bits per heavy atom. The lowest BCUT2D eigenvalue weighted by atomic mass is 9.69. The topological polar surface area (TPSA) is 0 Å². The van der Waals surface area contributed by atoms with Crippen LogP contribution < -0.4 is 0 Å². The molecule has 0 spiro atoms. The fourth-order valence-corrected chi connectivity index (χ4v) is 4.05. The van der Waals surface area contributed by atoms with Gasteiger partial charge in [-0.3, -0.25) is 0 Å². The highest BCUT2D eigenvalue weighted by atomic mass is 14.3. The van der Waals surface area contributed by atoms with Crippen LogP contribution in [0.3, 0.4) is 0 Å². The predicted octanol–water partition coefficient (Wildman–Crippen LogP) is 6.74. The zero-order valence-corrected chi connectivity index (χ0v) is 14.4.